The van der Waals surface area contributed by atoms with E-state index >= 15 is 0 Å². The van der Waals surface area contributed by atoms with E-state index in [9.17, 15) is 22.8 Å². The van der Waals surface area contributed by atoms with Crippen LogP contribution in [-0.4, -0.2) is 66.4 Å². The Morgan fingerprint density at radius 2 is 1.63 bits per heavy atom. The average molecular weight is 439 g/mol. The Balaban J connectivity index is 1.72. The van der Waals surface area contributed by atoms with Gasteiger partial charge in [-0.2, -0.15) is 0 Å². The number of pyridine rings is 1. The number of aryl methyl sites for hydroxylation is 1. The van der Waals surface area contributed by atoms with Gasteiger partial charge in [-0.1, -0.05) is 12.8 Å². The van der Waals surface area contributed by atoms with E-state index in [4.69, 9.17) is 0 Å². The molecule has 0 bridgehead atoms. The molecule has 0 spiro atoms. The van der Waals surface area contributed by atoms with Gasteiger partial charge in [0.15, 0.2) is 0 Å². The summed E-state index contributed by atoms with van der Waals surface area (Å²) in [4.78, 5) is 39.9. The van der Waals surface area contributed by atoms with Gasteiger partial charge in [-0.25, -0.2) is 12.7 Å². The second-order valence-corrected chi connectivity index (χ2v) is 10.2. The number of anilines is 1. The fourth-order valence-corrected chi connectivity index (χ4v) is 4.93. The lowest BCUT2D eigenvalue weighted by molar-refractivity contribution is -0.120. The summed E-state index contributed by atoms with van der Waals surface area (Å²) in [6.07, 6.45) is 7.60. The smallest absolute Gasteiger partial charge is 0.274 e. The second-order valence-electron chi connectivity index (χ2n) is 8.19. The number of aromatic nitrogens is 1. The molecule has 1 aromatic heterocycles. The molecule has 2 amide bonds. The Hall–Kier alpha value is -2.20. The van der Waals surface area contributed by atoms with Gasteiger partial charge in [0.2, 0.25) is 15.9 Å². The van der Waals surface area contributed by atoms with E-state index < -0.39 is 10.0 Å². The molecule has 9 nitrogen and oxygen atoms in total. The third kappa shape index (κ3) is 5.28. The Bertz CT molecular complexity index is 956. The van der Waals surface area contributed by atoms with Crippen LogP contribution in [0.5, 0.6) is 0 Å². The number of hydrogen-bond donors (Lipinski definition) is 1. The molecule has 0 radical (unpaired) electrons. The highest BCUT2D eigenvalue weighted by atomic mass is 32.2. The third-order valence-corrected chi connectivity index (χ3v) is 7.18. The fraction of sp³-hybridized carbons (Fsp3) is 0.650. The molecule has 0 aliphatic carbocycles. The minimum Gasteiger partial charge on any atom is -0.339 e. The molecule has 166 valence electrons. The molecule has 0 saturated carbocycles. The van der Waals surface area contributed by atoms with E-state index in [1.54, 1.807) is 11.9 Å². The van der Waals surface area contributed by atoms with Crippen LogP contribution >= 0.6 is 0 Å². The Kier molecular flexibility index (Phi) is 6.97. The van der Waals surface area contributed by atoms with Crippen molar-refractivity contribution in [3.8, 4) is 0 Å². The Labute approximate surface area is 177 Å². The van der Waals surface area contributed by atoms with Gasteiger partial charge in [-0.15, -0.1) is 0 Å². The van der Waals surface area contributed by atoms with Crippen LogP contribution in [0.2, 0.25) is 0 Å². The predicted octanol–water partition coefficient (Wildman–Crippen LogP) is 1.01. The largest absolute Gasteiger partial charge is 0.339 e. The van der Waals surface area contributed by atoms with Gasteiger partial charge in [-0.3, -0.25) is 14.4 Å². The maximum atomic E-state index is 12.9. The van der Waals surface area contributed by atoms with Crippen LogP contribution in [0.1, 0.15) is 48.9 Å². The molecule has 10 heteroatoms. The zero-order valence-corrected chi connectivity index (χ0v) is 18.4. The van der Waals surface area contributed by atoms with Crippen molar-refractivity contribution in [2.24, 2.45) is 13.0 Å². The monoisotopic (exact) mass is 438 g/mol. The highest BCUT2D eigenvalue weighted by molar-refractivity contribution is 7.88. The molecule has 0 unspecified atom stereocenters. The van der Waals surface area contributed by atoms with Gasteiger partial charge in [0, 0.05) is 45.3 Å². The Morgan fingerprint density at radius 3 is 2.20 bits per heavy atom. The van der Waals surface area contributed by atoms with Crippen LogP contribution in [0.15, 0.2) is 17.1 Å². The van der Waals surface area contributed by atoms with Gasteiger partial charge in [-0.05, 0) is 31.7 Å². The number of likely N-dealkylation sites (tertiary alicyclic amines) is 1. The summed E-state index contributed by atoms with van der Waals surface area (Å²) >= 11 is 0. The lowest BCUT2D eigenvalue weighted by atomic mass is 9.97. The molecule has 2 saturated heterocycles. The first kappa shape index (κ1) is 22.5. The van der Waals surface area contributed by atoms with E-state index in [0.717, 1.165) is 31.9 Å². The second kappa shape index (κ2) is 9.30. The minimum atomic E-state index is -3.27. The highest BCUT2D eigenvalue weighted by Crippen LogP contribution is 2.21. The van der Waals surface area contributed by atoms with Crippen molar-refractivity contribution in [3.63, 3.8) is 0 Å². The zero-order valence-electron chi connectivity index (χ0n) is 17.6. The van der Waals surface area contributed by atoms with Crippen molar-refractivity contribution in [2.75, 3.05) is 37.8 Å². The lowest BCUT2D eigenvalue weighted by Gasteiger charge is -2.29. The summed E-state index contributed by atoms with van der Waals surface area (Å²) in [5.41, 5.74) is 0.0687. The number of amides is 2. The number of hydrogen-bond acceptors (Lipinski definition) is 5. The van der Waals surface area contributed by atoms with Crippen molar-refractivity contribution >= 4 is 27.5 Å². The molecule has 2 fully saturated rings. The standard InChI is InChI=1S/C20H30N4O5S/c1-22-14-16(19(26)23-9-5-3-4-6-10-23)13-17(20(22)27)21-18(25)15-7-11-24(12-8-15)30(2,28)29/h13-15H,3-12H2,1-2H3,(H,21,25). The molecule has 2 aliphatic rings. The molecular weight excluding hydrogens is 408 g/mol. The van der Waals surface area contributed by atoms with Crippen molar-refractivity contribution in [3.05, 3.63) is 28.2 Å². The molecule has 0 aromatic carbocycles. The van der Waals surface area contributed by atoms with Gasteiger partial charge < -0.3 is 14.8 Å². The number of sulfonamides is 1. The van der Waals surface area contributed by atoms with Crippen LogP contribution in [-0.2, 0) is 21.9 Å². The summed E-state index contributed by atoms with van der Waals surface area (Å²) in [5.74, 6) is -0.832. The average Bonchev–Trinajstić information content (AvgIpc) is 2.99. The molecule has 2 aliphatic heterocycles. The molecule has 1 N–H and O–H groups in total. The van der Waals surface area contributed by atoms with E-state index in [1.807, 2.05) is 0 Å². The first-order valence-corrected chi connectivity index (χ1v) is 12.3. The summed E-state index contributed by atoms with van der Waals surface area (Å²) in [6.45, 7) is 1.95. The summed E-state index contributed by atoms with van der Waals surface area (Å²) in [5, 5.41) is 2.67. The predicted molar refractivity (Wildman–Crippen MR) is 114 cm³/mol. The van der Waals surface area contributed by atoms with Crippen molar-refractivity contribution in [1.29, 1.82) is 0 Å². The fourth-order valence-electron chi connectivity index (χ4n) is 4.06. The van der Waals surface area contributed by atoms with Gasteiger partial charge in [0.05, 0.1) is 11.8 Å². The highest BCUT2D eigenvalue weighted by Gasteiger charge is 2.29. The first-order chi connectivity index (χ1) is 14.2. The molecule has 0 atom stereocenters. The maximum Gasteiger partial charge on any atom is 0.274 e. The summed E-state index contributed by atoms with van der Waals surface area (Å²) < 4.78 is 25.9. The number of nitrogens with one attached hydrogen (secondary N) is 1. The van der Waals surface area contributed by atoms with Crippen LogP contribution < -0.4 is 10.9 Å². The molecule has 1 aromatic rings. The van der Waals surface area contributed by atoms with Crippen LogP contribution in [0.3, 0.4) is 0 Å². The minimum absolute atomic E-state index is 0.0775. The summed E-state index contributed by atoms with van der Waals surface area (Å²) in [7, 11) is -1.71. The Morgan fingerprint density at radius 1 is 1.03 bits per heavy atom. The van der Waals surface area contributed by atoms with Crippen LogP contribution in [0, 0.1) is 5.92 Å². The van der Waals surface area contributed by atoms with Crippen molar-refractivity contribution in [1.82, 2.24) is 13.8 Å². The van der Waals surface area contributed by atoms with Crippen molar-refractivity contribution < 1.29 is 18.0 Å². The normalized spacial score (nSPS) is 19.3. The first-order valence-electron chi connectivity index (χ1n) is 10.4. The molecule has 30 heavy (non-hydrogen) atoms. The van der Waals surface area contributed by atoms with Crippen LogP contribution in [0.4, 0.5) is 5.69 Å². The number of rotatable bonds is 4. The lowest BCUT2D eigenvalue weighted by Crippen LogP contribution is -2.41. The topological polar surface area (TPSA) is 109 Å². The zero-order chi connectivity index (χ0) is 21.9. The third-order valence-electron chi connectivity index (χ3n) is 5.88. The summed E-state index contributed by atoms with van der Waals surface area (Å²) in [6, 6.07) is 1.46. The van der Waals surface area contributed by atoms with Gasteiger partial charge in [0.1, 0.15) is 5.69 Å². The van der Waals surface area contributed by atoms with E-state index in [-0.39, 0.29) is 42.1 Å². The quantitative estimate of drug-likeness (QED) is 0.755. The van der Waals surface area contributed by atoms with Crippen molar-refractivity contribution in [2.45, 2.75) is 38.5 Å². The number of nitrogens with zero attached hydrogens (tertiary/aromatic N) is 3. The SMILES string of the molecule is Cn1cc(C(=O)N2CCCCCC2)cc(NC(=O)C2CCN(S(C)(=O)=O)CC2)c1=O. The number of carbonyl (C=O) groups is 2. The molecule has 3 heterocycles. The number of piperidine rings is 1. The van der Waals surface area contributed by atoms with E-state index in [1.165, 1.54) is 21.1 Å². The van der Waals surface area contributed by atoms with E-state index in [2.05, 4.69) is 5.32 Å². The maximum absolute atomic E-state index is 12.9. The van der Waals surface area contributed by atoms with Gasteiger partial charge in [0.25, 0.3) is 11.5 Å². The molecule has 3 rings (SSSR count). The number of carbonyl (C=O) groups excluding carboxylic acids is 2. The van der Waals surface area contributed by atoms with Gasteiger partial charge >= 0.3 is 0 Å². The van der Waals surface area contributed by atoms with E-state index in [0.29, 0.717) is 31.5 Å². The van der Waals surface area contributed by atoms with Crippen LogP contribution in [0.25, 0.3) is 0 Å². The molecular formula is C20H30N4O5S.